The third kappa shape index (κ3) is 4.63. The van der Waals surface area contributed by atoms with Crippen LogP contribution in [0.25, 0.3) is 0 Å². The minimum absolute atomic E-state index is 0.0360. The van der Waals surface area contributed by atoms with Crippen molar-refractivity contribution in [1.82, 2.24) is 15.5 Å². The van der Waals surface area contributed by atoms with Gasteiger partial charge in [0.05, 0.1) is 12.6 Å². The highest BCUT2D eigenvalue weighted by molar-refractivity contribution is 5.78. The Labute approximate surface area is 109 Å². The predicted octanol–water partition coefficient (Wildman–Crippen LogP) is 0.0902. The van der Waals surface area contributed by atoms with E-state index in [0.29, 0.717) is 6.54 Å². The maximum Gasteiger partial charge on any atom is 0.235 e. The van der Waals surface area contributed by atoms with Gasteiger partial charge in [0.15, 0.2) is 0 Å². The second-order valence-corrected chi connectivity index (χ2v) is 5.34. The maximum absolute atomic E-state index is 11.5. The largest absolute Gasteiger partial charge is 0.342 e. The van der Waals surface area contributed by atoms with E-state index in [-0.39, 0.29) is 12.5 Å². The molecule has 1 saturated heterocycles. The molecule has 0 spiro atoms. The molecule has 1 amide bonds. The summed E-state index contributed by atoms with van der Waals surface area (Å²) in [6, 6.07) is 2.71. The first kappa shape index (κ1) is 13.3. The lowest BCUT2D eigenvalue weighted by Crippen LogP contribution is -2.43. The van der Waals surface area contributed by atoms with Gasteiger partial charge in [-0.3, -0.25) is 9.69 Å². The number of nitrogens with zero attached hydrogens (tertiary/aromatic N) is 2. The zero-order valence-electron chi connectivity index (χ0n) is 10.8. The number of likely N-dealkylation sites (tertiary alicyclic amines) is 1. The molecular formula is C13H22N4O. The molecule has 5 heteroatoms. The fourth-order valence-corrected chi connectivity index (χ4v) is 2.37. The molecule has 0 aromatic carbocycles. The average Bonchev–Trinajstić information content (AvgIpc) is 3.20. The molecule has 2 aliphatic rings. The highest BCUT2D eigenvalue weighted by Gasteiger charge is 2.24. The van der Waals surface area contributed by atoms with Gasteiger partial charge >= 0.3 is 0 Å². The van der Waals surface area contributed by atoms with Crippen molar-refractivity contribution in [3.63, 3.8) is 0 Å². The molecule has 2 N–H and O–H groups in total. The fourth-order valence-electron chi connectivity index (χ4n) is 2.37. The van der Waals surface area contributed by atoms with Crippen LogP contribution in [0.5, 0.6) is 0 Å². The summed E-state index contributed by atoms with van der Waals surface area (Å²) in [5.74, 6) is 0.732. The van der Waals surface area contributed by atoms with E-state index in [9.17, 15) is 4.79 Å². The van der Waals surface area contributed by atoms with Crippen molar-refractivity contribution in [2.45, 2.75) is 31.7 Å². The highest BCUT2D eigenvalue weighted by Crippen LogP contribution is 2.21. The van der Waals surface area contributed by atoms with Crippen molar-refractivity contribution in [1.29, 1.82) is 5.26 Å². The topological polar surface area (TPSA) is 68.2 Å². The van der Waals surface area contributed by atoms with E-state index in [1.54, 1.807) is 0 Å². The van der Waals surface area contributed by atoms with E-state index in [1.165, 1.54) is 25.7 Å². The number of carbonyl (C=O) groups excluding carboxylic acids is 1. The summed E-state index contributed by atoms with van der Waals surface area (Å²) in [4.78, 5) is 13.6. The minimum atomic E-state index is -0.0360. The Morgan fingerprint density at radius 1 is 1.28 bits per heavy atom. The molecule has 18 heavy (non-hydrogen) atoms. The van der Waals surface area contributed by atoms with Gasteiger partial charge in [0.1, 0.15) is 6.54 Å². The highest BCUT2D eigenvalue weighted by atomic mass is 16.2. The minimum Gasteiger partial charge on any atom is -0.342 e. The molecule has 0 radical (unpaired) electrons. The lowest BCUT2D eigenvalue weighted by Gasteiger charge is -2.31. The number of piperidine rings is 1. The van der Waals surface area contributed by atoms with Crippen LogP contribution in [0.2, 0.25) is 0 Å². The summed E-state index contributed by atoms with van der Waals surface area (Å²) in [6.45, 7) is 3.68. The van der Waals surface area contributed by atoms with Crippen LogP contribution >= 0.6 is 0 Å². The molecule has 0 aromatic heterocycles. The van der Waals surface area contributed by atoms with Gasteiger partial charge in [0, 0.05) is 6.04 Å². The molecule has 0 bridgehead atoms. The third-order valence-corrected chi connectivity index (χ3v) is 3.71. The van der Waals surface area contributed by atoms with Crippen LogP contribution in [0.4, 0.5) is 0 Å². The molecule has 0 unspecified atom stereocenters. The lowest BCUT2D eigenvalue weighted by atomic mass is 9.97. The molecule has 1 aliphatic carbocycles. The number of amides is 1. The van der Waals surface area contributed by atoms with E-state index in [2.05, 4.69) is 15.5 Å². The van der Waals surface area contributed by atoms with Crippen LogP contribution in [-0.2, 0) is 4.79 Å². The molecule has 1 saturated carbocycles. The molecule has 5 nitrogen and oxygen atoms in total. The lowest BCUT2D eigenvalue weighted by molar-refractivity contribution is -0.122. The van der Waals surface area contributed by atoms with Gasteiger partial charge in [-0.1, -0.05) is 0 Å². The zero-order valence-corrected chi connectivity index (χ0v) is 10.8. The van der Waals surface area contributed by atoms with Crippen molar-refractivity contribution >= 4 is 5.91 Å². The van der Waals surface area contributed by atoms with Gasteiger partial charge in [0.2, 0.25) is 5.91 Å². The number of nitrogens with one attached hydrogen (secondary N) is 2. The van der Waals surface area contributed by atoms with E-state index < -0.39 is 0 Å². The Balaban J connectivity index is 1.57. The molecular weight excluding hydrogens is 228 g/mol. The van der Waals surface area contributed by atoms with Crippen LogP contribution in [-0.4, -0.2) is 49.6 Å². The van der Waals surface area contributed by atoms with Crippen LogP contribution in [0, 0.1) is 17.2 Å². The Bertz CT molecular complexity index is 313. The zero-order chi connectivity index (χ0) is 12.8. The van der Waals surface area contributed by atoms with Crippen molar-refractivity contribution in [2.24, 2.45) is 5.92 Å². The van der Waals surface area contributed by atoms with Crippen LogP contribution < -0.4 is 10.6 Å². The second-order valence-electron chi connectivity index (χ2n) is 5.34. The van der Waals surface area contributed by atoms with Gasteiger partial charge in [-0.25, -0.2) is 0 Å². The van der Waals surface area contributed by atoms with Gasteiger partial charge in [0.25, 0.3) is 0 Å². The van der Waals surface area contributed by atoms with Gasteiger partial charge in [-0.15, -0.1) is 0 Å². The average molecular weight is 250 g/mol. The van der Waals surface area contributed by atoms with Crippen molar-refractivity contribution in [3.8, 4) is 6.07 Å². The van der Waals surface area contributed by atoms with Gasteiger partial charge in [-0.2, -0.15) is 5.26 Å². The van der Waals surface area contributed by atoms with Crippen LogP contribution in [0.15, 0.2) is 0 Å². The van der Waals surface area contributed by atoms with Crippen LogP contribution in [0.3, 0.4) is 0 Å². The van der Waals surface area contributed by atoms with Crippen molar-refractivity contribution in [2.75, 3.05) is 32.7 Å². The predicted molar refractivity (Wildman–Crippen MR) is 68.8 cm³/mol. The summed E-state index contributed by atoms with van der Waals surface area (Å²) in [6.07, 6.45) is 5.03. The molecule has 1 heterocycles. The standard InChI is InChI=1S/C13H22N4O/c14-5-6-15-13(18)10-17-7-3-11(4-8-17)9-16-12-1-2-12/h11-12,16H,1-4,6-10H2,(H,15,18). The first-order valence-electron chi connectivity index (χ1n) is 6.87. The van der Waals surface area contributed by atoms with E-state index >= 15 is 0 Å². The quantitative estimate of drug-likeness (QED) is 0.656. The van der Waals surface area contributed by atoms with Crippen molar-refractivity contribution in [3.05, 3.63) is 0 Å². The first-order valence-corrected chi connectivity index (χ1v) is 6.87. The summed E-state index contributed by atoms with van der Waals surface area (Å²) in [5, 5.41) is 14.5. The number of nitriles is 1. The third-order valence-electron chi connectivity index (χ3n) is 3.71. The number of hydrogen-bond acceptors (Lipinski definition) is 4. The van der Waals surface area contributed by atoms with Gasteiger partial charge < -0.3 is 10.6 Å². The van der Waals surface area contributed by atoms with E-state index in [4.69, 9.17) is 5.26 Å². The van der Waals surface area contributed by atoms with Gasteiger partial charge in [-0.05, 0) is 51.2 Å². The number of hydrogen-bond donors (Lipinski definition) is 2. The molecule has 100 valence electrons. The maximum atomic E-state index is 11.5. The normalized spacial score (nSPS) is 21.5. The Morgan fingerprint density at radius 3 is 2.61 bits per heavy atom. The number of carbonyl (C=O) groups is 1. The smallest absolute Gasteiger partial charge is 0.235 e. The van der Waals surface area contributed by atoms with Crippen LogP contribution in [0.1, 0.15) is 25.7 Å². The summed E-state index contributed by atoms with van der Waals surface area (Å²) < 4.78 is 0. The molecule has 0 aromatic rings. The monoisotopic (exact) mass is 250 g/mol. The number of rotatable bonds is 6. The second kappa shape index (κ2) is 6.72. The van der Waals surface area contributed by atoms with E-state index in [1.807, 2.05) is 6.07 Å². The molecule has 1 aliphatic heterocycles. The Morgan fingerprint density at radius 2 is 2.00 bits per heavy atom. The summed E-state index contributed by atoms with van der Waals surface area (Å²) >= 11 is 0. The Hall–Kier alpha value is -1.12. The molecule has 2 rings (SSSR count). The molecule has 0 atom stereocenters. The SMILES string of the molecule is N#CCNC(=O)CN1CCC(CNC2CC2)CC1. The first-order chi connectivity index (χ1) is 8.78. The van der Waals surface area contributed by atoms with E-state index in [0.717, 1.165) is 31.6 Å². The van der Waals surface area contributed by atoms with Crippen molar-refractivity contribution < 1.29 is 4.79 Å². The fraction of sp³-hybridized carbons (Fsp3) is 0.846. The molecule has 2 fully saturated rings. The summed E-state index contributed by atoms with van der Waals surface area (Å²) in [7, 11) is 0. The Kier molecular flexibility index (Phi) is 4.97. The summed E-state index contributed by atoms with van der Waals surface area (Å²) in [5.41, 5.74) is 0.